The summed E-state index contributed by atoms with van der Waals surface area (Å²) in [5.74, 6) is -2.99. The topological polar surface area (TPSA) is 101 Å². The van der Waals surface area contributed by atoms with Crippen LogP contribution in [0.15, 0.2) is 59.8 Å². The van der Waals surface area contributed by atoms with E-state index in [4.69, 9.17) is 16.3 Å². The molecule has 0 bridgehead atoms. The fourth-order valence-electron chi connectivity index (χ4n) is 3.39. The van der Waals surface area contributed by atoms with E-state index in [1.165, 1.54) is 42.7 Å². The normalized spacial score (nSPS) is 11.5. The second kappa shape index (κ2) is 10.0. The summed E-state index contributed by atoms with van der Waals surface area (Å²) in [5, 5.41) is 0.504. The van der Waals surface area contributed by atoms with Crippen LogP contribution in [0.2, 0.25) is 5.02 Å². The SMILES string of the molecule is CCCCOc1ccc(S(=O)(=O)Nc2ccc(F)c(C(=O)c3c[nH]c4ncc(Cl)cc34)c2F)cc1. The van der Waals surface area contributed by atoms with Gasteiger partial charge >= 0.3 is 0 Å². The van der Waals surface area contributed by atoms with Crippen LogP contribution < -0.4 is 9.46 Å². The van der Waals surface area contributed by atoms with E-state index in [-0.39, 0.29) is 20.9 Å². The largest absolute Gasteiger partial charge is 0.494 e. The number of halogens is 3. The van der Waals surface area contributed by atoms with Crippen molar-refractivity contribution in [1.29, 1.82) is 0 Å². The van der Waals surface area contributed by atoms with E-state index in [0.717, 1.165) is 25.0 Å². The number of fused-ring (bicyclic) bond motifs is 1. The number of unbranched alkanes of at least 4 members (excludes halogenated alkanes) is 1. The minimum Gasteiger partial charge on any atom is -0.494 e. The molecule has 0 unspecified atom stereocenters. The molecular formula is C24H20ClF2N3O4S. The third-order valence-corrected chi connectivity index (χ3v) is 6.79. The van der Waals surface area contributed by atoms with Crippen LogP contribution in [0.5, 0.6) is 5.75 Å². The Morgan fingerprint density at radius 3 is 2.63 bits per heavy atom. The number of benzene rings is 2. The Morgan fingerprint density at radius 1 is 1.17 bits per heavy atom. The lowest BCUT2D eigenvalue weighted by Gasteiger charge is -2.12. The molecule has 7 nitrogen and oxygen atoms in total. The molecule has 0 spiro atoms. The summed E-state index contributed by atoms with van der Waals surface area (Å²) in [4.78, 5) is 19.7. The van der Waals surface area contributed by atoms with E-state index in [1.807, 2.05) is 6.92 Å². The van der Waals surface area contributed by atoms with Gasteiger partial charge in [-0.2, -0.15) is 0 Å². The molecule has 0 aliphatic heterocycles. The van der Waals surface area contributed by atoms with Crippen molar-refractivity contribution in [3.8, 4) is 5.75 Å². The number of sulfonamides is 1. The highest BCUT2D eigenvalue weighted by Gasteiger charge is 2.26. The molecule has 0 radical (unpaired) electrons. The first-order chi connectivity index (χ1) is 16.7. The van der Waals surface area contributed by atoms with Crippen LogP contribution in [0, 0.1) is 11.6 Å². The van der Waals surface area contributed by atoms with E-state index >= 15 is 4.39 Å². The molecule has 11 heteroatoms. The number of pyridine rings is 1. The van der Waals surface area contributed by atoms with Crippen molar-refractivity contribution in [2.45, 2.75) is 24.7 Å². The number of carbonyl (C=O) groups excluding carboxylic acids is 1. The molecule has 4 rings (SSSR count). The molecule has 2 heterocycles. The van der Waals surface area contributed by atoms with E-state index in [9.17, 15) is 17.6 Å². The predicted octanol–water partition coefficient (Wildman–Crippen LogP) is 5.71. The highest BCUT2D eigenvalue weighted by Crippen LogP contribution is 2.29. The number of aromatic nitrogens is 2. The number of anilines is 1. The molecule has 0 aliphatic rings. The maximum atomic E-state index is 15.3. The number of hydrogen-bond donors (Lipinski definition) is 2. The summed E-state index contributed by atoms with van der Waals surface area (Å²) in [6, 6.07) is 8.74. The quantitative estimate of drug-likeness (QED) is 0.218. The van der Waals surface area contributed by atoms with Gasteiger partial charge in [0, 0.05) is 23.3 Å². The second-order valence-electron chi connectivity index (χ2n) is 7.64. The van der Waals surface area contributed by atoms with Gasteiger partial charge in [0.15, 0.2) is 5.82 Å². The Kier molecular flexibility index (Phi) is 7.04. The van der Waals surface area contributed by atoms with Gasteiger partial charge in [-0.3, -0.25) is 9.52 Å². The average molecular weight is 520 g/mol. The molecule has 0 fully saturated rings. The number of ketones is 1. The first-order valence-corrected chi connectivity index (χ1v) is 12.5. The van der Waals surface area contributed by atoms with Gasteiger partial charge in [0.1, 0.15) is 17.2 Å². The fraction of sp³-hybridized carbons (Fsp3) is 0.167. The van der Waals surface area contributed by atoms with Crippen molar-refractivity contribution in [2.24, 2.45) is 0 Å². The molecule has 2 aromatic heterocycles. The zero-order valence-electron chi connectivity index (χ0n) is 18.4. The highest BCUT2D eigenvalue weighted by atomic mass is 35.5. The molecule has 0 atom stereocenters. The van der Waals surface area contributed by atoms with Gasteiger partial charge in [-0.15, -0.1) is 0 Å². The number of rotatable bonds is 9. The highest BCUT2D eigenvalue weighted by molar-refractivity contribution is 7.92. The third-order valence-electron chi connectivity index (χ3n) is 5.21. The molecule has 2 N–H and O–H groups in total. The van der Waals surface area contributed by atoms with E-state index in [0.29, 0.717) is 18.0 Å². The molecule has 0 saturated carbocycles. The predicted molar refractivity (Wildman–Crippen MR) is 129 cm³/mol. The van der Waals surface area contributed by atoms with Gasteiger partial charge < -0.3 is 9.72 Å². The van der Waals surface area contributed by atoms with Crippen molar-refractivity contribution in [3.05, 3.63) is 82.6 Å². The van der Waals surface area contributed by atoms with Crippen molar-refractivity contribution in [2.75, 3.05) is 11.3 Å². The Hall–Kier alpha value is -3.50. The number of nitrogens with zero attached hydrogens (tertiary/aromatic N) is 1. The summed E-state index contributed by atoms with van der Waals surface area (Å²) in [6.07, 6.45) is 4.43. The standard InChI is InChI=1S/C24H20ClF2N3O4S/c1-2-3-10-34-15-4-6-16(7-5-15)35(32,33)30-20-9-8-19(26)21(22(20)27)23(31)18-13-29-24-17(18)11-14(25)12-28-24/h4-9,11-13,30H,2-3,10H2,1H3,(H,28,29). The maximum absolute atomic E-state index is 15.3. The van der Waals surface area contributed by atoms with E-state index in [1.54, 1.807) is 0 Å². The Morgan fingerprint density at radius 2 is 1.91 bits per heavy atom. The van der Waals surface area contributed by atoms with Crippen molar-refractivity contribution >= 4 is 44.1 Å². The van der Waals surface area contributed by atoms with Gasteiger partial charge in [-0.1, -0.05) is 24.9 Å². The van der Waals surface area contributed by atoms with Crippen molar-refractivity contribution in [3.63, 3.8) is 0 Å². The van der Waals surface area contributed by atoms with Crippen molar-refractivity contribution in [1.82, 2.24) is 9.97 Å². The van der Waals surface area contributed by atoms with Crippen LogP contribution in [-0.2, 0) is 10.0 Å². The molecule has 0 aliphatic carbocycles. The van der Waals surface area contributed by atoms with Crippen LogP contribution in [-0.4, -0.2) is 30.8 Å². The van der Waals surface area contributed by atoms with Crippen LogP contribution in [0.3, 0.4) is 0 Å². The van der Waals surface area contributed by atoms with Gasteiger partial charge in [-0.05, 0) is 48.9 Å². The Labute approximate surface area is 205 Å². The Bertz CT molecular complexity index is 1510. The lowest BCUT2D eigenvalue weighted by atomic mass is 10.0. The molecule has 182 valence electrons. The first kappa shape index (κ1) is 24.6. The molecule has 0 saturated heterocycles. The molecule has 35 heavy (non-hydrogen) atoms. The molecule has 4 aromatic rings. The summed E-state index contributed by atoms with van der Waals surface area (Å²) >= 11 is 5.94. The summed E-state index contributed by atoms with van der Waals surface area (Å²) in [6.45, 7) is 2.52. The first-order valence-electron chi connectivity index (χ1n) is 10.6. The van der Waals surface area contributed by atoms with Crippen LogP contribution in [0.25, 0.3) is 11.0 Å². The minimum atomic E-state index is -4.24. The number of aromatic amines is 1. The summed E-state index contributed by atoms with van der Waals surface area (Å²) in [7, 11) is -4.24. The summed E-state index contributed by atoms with van der Waals surface area (Å²) in [5.41, 5.74) is -1.25. The second-order valence-corrected chi connectivity index (χ2v) is 9.76. The number of ether oxygens (including phenoxy) is 1. The maximum Gasteiger partial charge on any atom is 0.261 e. The molecule has 2 aromatic carbocycles. The van der Waals surface area contributed by atoms with Gasteiger partial charge in [0.05, 0.1) is 27.8 Å². The van der Waals surface area contributed by atoms with Crippen LogP contribution >= 0.6 is 11.6 Å². The minimum absolute atomic E-state index is 0.0635. The van der Waals surface area contributed by atoms with Crippen LogP contribution in [0.1, 0.15) is 35.7 Å². The number of hydrogen-bond acceptors (Lipinski definition) is 5. The van der Waals surface area contributed by atoms with E-state index in [2.05, 4.69) is 14.7 Å². The van der Waals surface area contributed by atoms with Gasteiger partial charge in [0.25, 0.3) is 10.0 Å². The van der Waals surface area contributed by atoms with E-state index < -0.39 is 38.7 Å². The lowest BCUT2D eigenvalue weighted by Crippen LogP contribution is -2.16. The average Bonchev–Trinajstić information content (AvgIpc) is 3.24. The Balaban J connectivity index is 1.63. The lowest BCUT2D eigenvalue weighted by molar-refractivity contribution is 0.103. The third kappa shape index (κ3) is 5.13. The number of nitrogens with one attached hydrogen (secondary N) is 2. The number of H-pyrrole nitrogens is 1. The monoisotopic (exact) mass is 519 g/mol. The van der Waals surface area contributed by atoms with Crippen molar-refractivity contribution < 1.29 is 26.7 Å². The van der Waals surface area contributed by atoms with Gasteiger partial charge in [0.2, 0.25) is 5.78 Å². The van der Waals surface area contributed by atoms with Crippen LogP contribution in [0.4, 0.5) is 14.5 Å². The number of carbonyl (C=O) groups is 1. The zero-order chi connectivity index (χ0) is 25.2. The molecular weight excluding hydrogens is 500 g/mol. The molecule has 0 amide bonds. The zero-order valence-corrected chi connectivity index (χ0v) is 20.0. The smallest absolute Gasteiger partial charge is 0.261 e. The van der Waals surface area contributed by atoms with Gasteiger partial charge in [-0.25, -0.2) is 22.2 Å². The fourth-order valence-corrected chi connectivity index (χ4v) is 4.61. The summed E-state index contributed by atoms with van der Waals surface area (Å²) < 4.78 is 63.1.